The number of carbonyl (C=O) groups excluding carboxylic acids is 1. The van der Waals surface area contributed by atoms with Crippen LogP contribution in [0.2, 0.25) is 5.02 Å². The van der Waals surface area contributed by atoms with E-state index >= 15 is 0 Å². The minimum Gasteiger partial charge on any atom is -0.495 e. The summed E-state index contributed by atoms with van der Waals surface area (Å²) in [6.07, 6.45) is 0. The summed E-state index contributed by atoms with van der Waals surface area (Å²) in [5, 5.41) is 2.98. The molecule has 0 radical (unpaired) electrons. The molecule has 0 saturated carbocycles. The van der Waals surface area contributed by atoms with Crippen LogP contribution in [0.15, 0.2) is 71.6 Å². The summed E-state index contributed by atoms with van der Waals surface area (Å²) in [5.74, 6) is -0.435. The molecule has 7 nitrogen and oxygen atoms in total. The van der Waals surface area contributed by atoms with E-state index in [4.69, 9.17) is 21.1 Å². The number of anilines is 2. The normalized spacial score (nSPS) is 10.9. The minimum absolute atomic E-state index is 0.0941. The third kappa shape index (κ3) is 5.87. The van der Waals surface area contributed by atoms with Crippen LogP contribution in [-0.2, 0) is 14.8 Å². The van der Waals surface area contributed by atoms with Crippen molar-refractivity contribution in [2.45, 2.75) is 4.90 Å². The lowest BCUT2D eigenvalue weighted by Gasteiger charge is -2.14. The Hall–Kier alpha value is -3.30. The van der Waals surface area contributed by atoms with Crippen LogP contribution in [0.5, 0.6) is 11.5 Å². The topological polar surface area (TPSA) is 93.7 Å². The Morgan fingerprint density at radius 1 is 1.03 bits per heavy atom. The van der Waals surface area contributed by atoms with Crippen LogP contribution in [0.4, 0.5) is 15.8 Å². The quantitative estimate of drug-likeness (QED) is 0.518. The van der Waals surface area contributed by atoms with Crippen LogP contribution in [0, 0.1) is 5.82 Å². The average Bonchev–Trinajstić information content (AvgIpc) is 2.73. The highest BCUT2D eigenvalue weighted by Crippen LogP contribution is 2.30. The average molecular weight is 465 g/mol. The van der Waals surface area contributed by atoms with Gasteiger partial charge in [-0.3, -0.25) is 9.52 Å². The lowest BCUT2D eigenvalue weighted by Crippen LogP contribution is -2.20. The molecule has 0 aliphatic carbocycles. The van der Waals surface area contributed by atoms with Crippen molar-refractivity contribution in [3.8, 4) is 11.5 Å². The first-order chi connectivity index (χ1) is 14.8. The molecule has 0 bridgehead atoms. The predicted molar refractivity (Wildman–Crippen MR) is 116 cm³/mol. The number of methoxy groups -OCH3 is 1. The highest BCUT2D eigenvalue weighted by Gasteiger charge is 2.17. The van der Waals surface area contributed by atoms with Crippen molar-refractivity contribution in [1.82, 2.24) is 0 Å². The van der Waals surface area contributed by atoms with Crippen LogP contribution < -0.4 is 19.5 Å². The lowest BCUT2D eigenvalue weighted by atomic mass is 10.2. The Balaban J connectivity index is 1.73. The Labute approximate surface area is 183 Å². The molecular formula is C21H18ClFN2O5S. The zero-order valence-corrected chi connectivity index (χ0v) is 17.8. The molecular weight excluding hydrogens is 447 g/mol. The molecule has 0 aliphatic heterocycles. The fourth-order valence-electron chi connectivity index (χ4n) is 2.59. The molecule has 0 saturated heterocycles. The van der Waals surface area contributed by atoms with Gasteiger partial charge in [0.2, 0.25) is 0 Å². The van der Waals surface area contributed by atoms with E-state index in [9.17, 15) is 17.6 Å². The minimum atomic E-state index is -4.01. The van der Waals surface area contributed by atoms with Crippen LogP contribution >= 0.6 is 11.6 Å². The molecule has 2 N–H and O–H groups in total. The number of benzene rings is 3. The maximum atomic E-state index is 13.1. The van der Waals surface area contributed by atoms with Crippen molar-refractivity contribution >= 4 is 38.9 Å². The fourth-order valence-corrected chi connectivity index (χ4v) is 3.84. The van der Waals surface area contributed by atoms with E-state index < -0.39 is 21.7 Å². The van der Waals surface area contributed by atoms with Crippen molar-refractivity contribution in [3.05, 3.63) is 77.6 Å². The molecule has 0 spiro atoms. The molecule has 3 aromatic carbocycles. The maximum Gasteiger partial charge on any atom is 0.262 e. The van der Waals surface area contributed by atoms with E-state index in [-0.39, 0.29) is 22.9 Å². The van der Waals surface area contributed by atoms with Crippen LogP contribution in [0.3, 0.4) is 0 Å². The van der Waals surface area contributed by atoms with Gasteiger partial charge in [-0.1, -0.05) is 23.7 Å². The fraction of sp³-hybridized carbons (Fsp3) is 0.0952. The Bertz CT molecular complexity index is 1190. The summed E-state index contributed by atoms with van der Waals surface area (Å²) in [7, 11) is -2.63. The van der Waals surface area contributed by atoms with Crippen LogP contribution in [0.25, 0.3) is 0 Å². The number of amides is 1. The van der Waals surface area contributed by atoms with Crippen molar-refractivity contribution in [2.75, 3.05) is 23.8 Å². The van der Waals surface area contributed by atoms with Gasteiger partial charge in [-0.15, -0.1) is 0 Å². The Kier molecular flexibility index (Phi) is 6.98. The molecule has 3 aromatic rings. The lowest BCUT2D eigenvalue weighted by molar-refractivity contribution is -0.118. The zero-order valence-electron chi connectivity index (χ0n) is 16.3. The molecule has 0 fully saturated rings. The summed E-state index contributed by atoms with van der Waals surface area (Å²) in [6, 6.07) is 15.5. The number of sulfonamides is 1. The largest absolute Gasteiger partial charge is 0.495 e. The highest BCUT2D eigenvalue weighted by atomic mass is 35.5. The second-order valence-electron chi connectivity index (χ2n) is 6.24. The first-order valence-corrected chi connectivity index (χ1v) is 10.8. The Morgan fingerprint density at radius 3 is 2.42 bits per heavy atom. The van der Waals surface area contributed by atoms with Gasteiger partial charge in [0.1, 0.15) is 17.3 Å². The number of nitrogens with one attached hydrogen (secondary N) is 2. The molecule has 0 unspecified atom stereocenters. The van der Waals surface area contributed by atoms with Gasteiger partial charge in [0.15, 0.2) is 6.61 Å². The molecule has 0 aromatic heterocycles. The van der Waals surface area contributed by atoms with Crippen LogP contribution in [0.1, 0.15) is 0 Å². The predicted octanol–water partition coefficient (Wildman–Crippen LogP) is 4.31. The molecule has 3 rings (SSSR count). The van der Waals surface area contributed by atoms with Gasteiger partial charge >= 0.3 is 0 Å². The van der Waals surface area contributed by atoms with Gasteiger partial charge in [-0.05, 0) is 54.6 Å². The summed E-state index contributed by atoms with van der Waals surface area (Å²) in [6.45, 7) is -0.299. The van der Waals surface area contributed by atoms with Crippen molar-refractivity contribution in [2.24, 2.45) is 0 Å². The first kappa shape index (κ1) is 22.4. The maximum absolute atomic E-state index is 13.1. The van der Waals surface area contributed by atoms with Gasteiger partial charge in [-0.2, -0.15) is 0 Å². The van der Waals surface area contributed by atoms with Crippen molar-refractivity contribution in [1.29, 1.82) is 0 Å². The van der Waals surface area contributed by atoms with Gasteiger partial charge in [-0.25, -0.2) is 12.8 Å². The van der Waals surface area contributed by atoms with Gasteiger partial charge < -0.3 is 14.8 Å². The van der Waals surface area contributed by atoms with Gasteiger partial charge in [0.05, 0.1) is 22.7 Å². The number of carbonyl (C=O) groups is 1. The number of halogens is 2. The molecule has 0 atom stereocenters. The van der Waals surface area contributed by atoms with E-state index in [1.807, 2.05) is 0 Å². The van der Waals surface area contributed by atoms with E-state index in [0.29, 0.717) is 16.5 Å². The summed E-state index contributed by atoms with van der Waals surface area (Å²) < 4.78 is 51.2. The number of hydrogen-bond donors (Lipinski definition) is 2. The van der Waals surface area contributed by atoms with E-state index in [1.165, 1.54) is 19.2 Å². The number of rotatable bonds is 8. The van der Waals surface area contributed by atoms with Gasteiger partial charge in [0, 0.05) is 5.69 Å². The summed E-state index contributed by atoms with van der Waals surface area (Å²) in [4.78, 5) is 12.1. The molecule has 10 heteroatoms. The third-order valence-corrected chi connectivity index (χ3v) is 5.74. The first-order valence-electron chi connectivity index (χ1n) is 8.92. The highest BCUT2D eigenvalue weighted by molar-refractivity contribution is 7.92. The van der Waals surface area contributed by atoms with E-state index in [1.54, 1.807) is 30.3 Å². The molecule has 1 amide bonds. The molecule has 162 valence electrons. The summed E-state index contributed by atoms with van der Waals surface area (Å²) in [5.41, 5.74) is 0.405. The standard InChI is InChI=1S/C21H18ClFN2O5S/c1-29-20-11-8-15(24-21(26)13-30-19-5-3-2-4-17(19)22)12-18(20)25-31(27,28)16-9-6-14(23)7-10-16/h2-12,25H,13H2,1H3,(H,24,26). The third-order valence-electron chi connectivity index (χ3n) is 4.05. The molecule has 31 heavy (non-hydrogen) atoms. The second-order valence-corrected chi connectivity index (χ2v) is 8.33. The number of hydrogen-bond acceptors (Lipinski definition) is 5. The van der Waals surface area contributed by atoms with E-state index in [2.05, 4.69) is 10.0 Å². The SMILES string of the molecule is COc1ccc(NC(=O)COc2ccccc2Cl)cc1NS(=O)(=O)c1ccc(F)cc1. The number of ether oxygens (including phenoxy) is 2. The van der Waals surface area contributed by atoms with Crippen molar-refractivity contribution < 1.29 is 27.1 Å². The second kappa shape index (κ2) is 9.67. The smallest absolute Gasteiger partial charge is 0.262 e. The van der Waals surface area contributed by atoms with E-state index in [0.717, 1.165) is 24.3 Å². The summed E-state index contributed by atoms with van der Waals surface area (Å²) >= 11 is 5.99. The molecule has 0 heterocycles. The molecule has 0 aliphatic rings. The van der Waals surface area contributed by atoms with Gasteiger partial charge in [0.25, 0.3) is 15.9 Å². The number of para-hydroxylation sites is 1. The monoisotopic (exact) mass is 464 g/mol. The zero-order chi connectivity index (χ0) is 22.4. The van der Waals surface area contributed by atoms with Crippen molar-refractivity contribution in [3.63, 3.8) is 0 Å². The van der Waals surface area contributed by atoms with Crippen LogP contribution in [-0.4, -0.2) is 28.0 Å². The Morgan fingerprint density at radius 2 is 1.74 bits per heavy atom.